The van der Waals surface area contributed by atoms with Crippen molar-refractivity contribution in [1.29, 1.82) is 0 Å². The molecule has 0 bridgehead atoms. The molecule has 0 fully saturated rings. The number of hydrogen-bond donors (Lipinski definition) is 1. The zero-order chi connectivity index (χ0) is 15.7. The summed E-state index contributed by atoms with van der Waals surface area (Å²) in [5, 5.41) is 23.6. The van der Waals surface area contributed by atoms with Crippen LogP contribution in [0.5, 0.6) is 0 Å². The Kier molecular flexibility index (Phi) is 3.53. The number of nitro benzene ring substituents is 1. The van der Waals surface area contributed by atoms with Gasteiger partial charge in [-0.15, -0.1) is 0 Å². The Labute approximate surface area is 118 Å². The molecule has 8 heteroatoms. The van der Waals surface area contributed by atoms with E-state index >= 15 is 0 Å². The number of hydrogen-bond acceptors (Lipinski definition) is 5. The fraction of sp³-hybridized carbons (Fsp3) is 0.154. The first-order valence-corrected chi connectivity index (χ1v) is 5.90. The molecule has 0 saturated carbocycles. The highest BCUT2D eigenvalue weighted by Crippen LogP contribution is 2.20. The first-order chi connectivity index (χ1) is 9.81. The van der Waals surface area contributed by atoms with Crippen LogP contribution in [0.3, 0.4) is 0 Å². The average molecular weight is 289 g/mol. The minimum Gasteiger partial charge on any atom is -0.476 e. The fourth-order valence-electron chi connectivity index (χ4n) is 1.83. The topological polar surface area (TPSA) is 115 Å². The van der Waals surface area contributed by atoms with E-state index in [0.29, 0.717) is 11.3 Å². The molecular weight excluding hydrogens is 278 g/mol. The van der Waals surface area contributed by atoms with Crippen LogP contribution in [0.2, 0.25) is 0 Å². The van der Waals surface area contributed by atoms with Crippen LogP contribution in [0.25, 0.3) is 5.69 Å². The molecule has 2 aromatic rings. The quantitative estimate of drug-likeness (QED) is 0.675. The Balaban J connectivity index is 2.73. The maximum absolute atomic E-state index is 11.7. The van der Waals surface area contributed by atoms with E-state index < -0.39 is 22.0 Å². The second kappa shape index (κ2) is 5.16. The highest BCUT2D eigenvalue weighted by molar-refractivity contribution is 5.85. The summed E-state index contributed by atoms with van der Waals surface area (Å²) in [4.78, 5) is 33.0. The van der Waals surface area contributed by atoms with E-state index in [9.17, 15) is 19.7 Å². The van der Waals surface area contributed by atoms with E-state index in [-0.39, 0.29) is 11.3 Å². The summed E-state index contributed by atoms with van der Waals surface area (Å²) < 4.78 is 1.17. The van der Waals surface area contributed by atoms with Crippen LogP contribution in [0.1, 0.15) is 21.6 Å². The minimum absolute atomic E-state index is 0.148. The molecule has 8 nitrogen and oxygen atoms in total. The summed E-state index contributed by atoms with van der Waals surface area (Å²) in [6, 6.07) is 4.15. The van der Waals surface area contributed by atoms with Gasteiger partial charge in [-0.1, -0.05) is 6.07 Å². The lowest BCUT2D eigenvalue weighted by atomic mass is 10.1. The molecular formula is C13H11N3O5. The smallest absolute Gasteiger partial charge is 0.360 e. The number of aromatic carboxylic acids is 1. The van der Waals surface area contributed by atoms with Crippen LogP contribution in [-0.2, 0) is 0 Å². The molecule has 0 amide bonds. The van der Waals surface area contributed by atoms with Crippen LogP contribution in [0.4, 0.5) is 5.69 Å². The zero-order valence-electron chi connectivity index (χ0n) is 11.2. The largest absolute Gasteiger partial charge is 0.476 e. The maximum atomic E-state index is 11.7. The molecule has 21 heavy (non-hydrogen) atoms. The van der Waals surface area contributed by atoms with Gasteiger partial charge in [-0.05, 0) is 19.4 Å². The molecule has 0 aliphatic rings. The molecule has 0 radical (unpaired) electrons. The van der Waals surface area contributed by atoms with Crippen molar-refractivity contribution in [1.82, 2.24) is 9.78 Å². The van der Waals surface area contributed by atoms with Crippen molar-refractivity contribution in [2.75, 3.05) is 0 Å². The molecule has 0 saturated heterocycles. The zero-order valence-corrected chi connectivity index (χ0v) is 11.2. The third kappa shape index (κ3) is 2.64. The Morgan fingerprint density at radius 1 is 1.33 bits per heavy atom. The van der Waals surface area contributed by atoms with Crippen molar-refractivity contribution in [2.45, 2.75) is 13.8 Å². The monoisotopic (exact) mass is 289 g/mol. The van der Waals surface area contributed by atoms with E-state index in [1.807, 2.05) is 0 Å². The molecule has 2 rings (SSSR count). The summed E-state index contributed by atoms with van der Waals surface area (Å²) in [7, 11) is 0. The standard InChI is InChI=1S/C13H11N3O5/c1-7-3-4-9(16(20)21)5-10(7)15-6-8(2)12(17)11(14-15)13(18)19/h3-6H,1-2H3,(H,18,19). The highest BCUT2D eigenvalue weighted by Gasteiger charge is 2.16. The third-order valence-corrected chi connectivity index (χ3v) is 2.95. The van der Waals surface area contributed by atoms with E-state index in [1.54, 1.807) is 6.92 Å². The van der Waals surface area contributed by atoms with E-state index in [4.69, 9.17) is 5.11 Å². The molecule has 0 aliphatic heterocycles. The van der Waals surface area contributed by atoms with Crippen molar-refractivity contribution in [3.05, 3.63) is 61.6 Å². The summed E-state index contributed by atoms with van der Waals surface area (Å²) in [6.07, 6.45) is 1.35. The number of carboxylic acid groups (broad SMARTS) is 1. The van der Waals surface area contributed by atoms with Gasteiger partial charge in [-0.25, -0.2) is 9.48 Å². The Bertz CT molecular complexity index is 810. The van der Waals surface area contributed by atoms with Crippen LogP contribution in [0, 0.1) is 24.0 Å². The van der Waals surface area contributed by atoms with Gasteiger partial charge in [0, 0.05) is 23.9 Å². The number of non-ortho nitro benzene ring substituents is 1. The van der Waals surface area contributed by atoms with Gasteiger partial charge in [0.2, 0.25) is 11.1 Å². The number of aromatic nitrogens is 2. The number of aryl methyl sites for hydroxylation is 2. The molecule has 1 aromatic carbocycles. The van der Waals surface area contributed by atoms with Gasteiger partial charge in [0.1, 0.15) is 0 Å². The molecule has 1 aromatic heterocycles. The fourth-order valence-corrected chi connectivity index (χ4v) is 1.83. The van der Waals surface area contributed by atoms with Gasteiger partial charge < -0.3 is 5.11 Å². The van der Waals surface area contributed by atoms with Gasteiger partial charge in [0.15, 0.2) is 0 Å². The van der Waals surface area contributed by atoms with Crippen LogP contribution < -0.4 is 5.43 Å². The van der Waals surface area contributed by atoms with Gasteiger partial charge in [0.05, 0.1) is 10.6 Å². The third-order valence-electron chi connectivity index (χ3n) is 2.95. The van der Waals surface area contributed by atoms with Crippen molar-refractivity contribution in [2.24, 2.45) is 0 Å². The van der Waals surface area contributed by atoms with Crippen LogP contribution in [-0.4, -0.2) is 25.8 Å². The average Bonchev–Trinajstić information content (AvgIpc) is 2.41. The first kappa shape index (κ1) is 14.4. The summed E-state index contributed by atoms with van der Waals surface area (Å²) in [5.41, 5.74) is -0.260. The second-order valence-electron chi connectivity index (χ2n) is 4.47. The molecule has 0 unspecified atom stereocenters. The summed E-state index contributed by atoms with van der Waals surface area (Å²) in [5.74, 6) is -1.44. The van der Waals surface area contributed by atoms with E-state index in [1.165, 1.54) is 36.0 Å². The first-order valence-electron chi connectivity index (χ1n) is 5.90. The number of rotatable bonds is 3. The number of benzene rings is 1. The van der Waals surface area contributed by atoms with Crippen molar-refractivity contribution in [3.63, 3.8) is 0 Å². The number of carbonyl (C=O) groups is 1. The summed E-state index contributed by atoms with van der Waals surface area (Å²) >= 11 is 0. The van der Waals surface area contributed by atoms with Crippen molar-refractivity contribution in [3.8, 4) is 5.69 Å². The Morgan fingerprint density at radius 3 is 2.57 bits per heavy atom. The van der Waals surface area contributed by atoms with Gasteiger partial charge in [-0.2, -0.15) is 5.10 Å². The molecule has 0 aliphatic carbocycles. The summed E-state index contributed by atoms with van der Waals surface area (Å²) in [6.45, 7) is 3.16. The van der Waals surface area contributed by atoms with E-state index in [2.05, 4.69) is 5.10 Å². The van der Waals surface area contributed by atoms with Crippen molar-refractivity contribution >= 4 is 11.7 Å². The van der Waals surface area contributed by atoms with Gasteiger partial charge in [-0.3, -0.25) is 14.9 Å². The second-order valence-corrected chi connectivity index (χ2v) is 4.47. The Morgan fingerprint density at radius 2 is 2.00 bits per heavy atom. The number of nitro groups is 1. The lowest BCUT2D eigenvalue weighted by molar-refractivity contribution is -0.384. The van der Waals surface area contributed by atoms with Crippen LogP contribution in [0.15, 0.2) is 29.2 Å². The van der Waals surface area contributed by atoms with Crippen molar-refractivity contribution < 1.29 is 14.8 Å². The predicted octanol–water partition coefficient (Wildman–Crippen LogP) is 1.46. The number of carboxylic acids is 1. The normalized spacial score (nSPS) is 10.4. The molecule has 108 valence electrons. The van der Waals surface area contributed by atoms with E-state index in [0.717, 1.165) is 0 Å². The molecule has 1 heterocycles. The van der Waals surface area contributed by atoms with Gasteiger partial charge in [0.25, 0.3) is 5.69 Å². The van der Waals surface area contributed by atoms with Gasteiger partial charge >= 0.3 is 5.97 Å². The molecule has 0 spiro atoms. The predicted molar refractivity (Wildman–Crippen MR) is 72.9 cm³/mol. The van der Waals surface area contributed by atoms with Crippen LogP contribution >= 0.6 is 0 Å². The lowest BCUT2D eigenvalue weighted by Crippen LogP contribution is -2.23. The SMILES string of the molecule is Cc1ccc([N+](=O)[O-])cc1-n1cc(C)c(=O)c(C(=O)O)n1. The molecule has 1 N–H and O–H groups in total. The lowest BCUT2D eigenvalue weighted by Gasteiger charge is -2.10. The number of nitrogens with zero attached hydrogens (tertiary/aromatic N) is 3. The highest BCUT2D eigenvalue weighted by atomic mass is 16.6. The minimum atomic E-state index is -1.44. The maximum Gasteiger partial charge on any atom is 0.360 e. The Hall–Kier alpha value is -3.03. The molecule has 0 atom stereocenters.